The second-order valence-electron chi connectivity index (χ2n) is 5.76. The van der Waals surface area contributed by atoms with Gasteiger partial charge in [-0.3, -0.25) is 0 Å². The molecule has 1 heteroatoms. The van der Waals surface area contributed by atoms with Gasteiger partial charge in [0.1, 0.15) is 0 Å². The summed E-state index contributed by atoms with van der Waals surface area (Å²) in [5.74, 6) is 1.88. The topological polar surface area (TPSA) is 12.0 Å². The minimum absolute atomic E-state index is 0.591. The van der Waals surface area contributed by atoms with E-state index >= 15 is 0 Å². The van der Waals surface area contributed by atoms with E-state index in [4.69, 9.17) is 0 Å². The summed E-state index contributed by atoms with van der Waals surface area (Å²) in [6.45, 7) is 4.73. The van der Waals surface area contributed by atoms with E-state index in [2.05, 4.69) is 31.3 Å². The first-order chi connectivity index (χ1) is 6.17. The van der Waals surface area contributed by atoms with E-state index in [1.807, 2.05) is 0 Å². The minimum atomic E-state index is 0.591. The predicted molar refractivity (Wildman–Crippen MR) is 54.5 cm³/mol. The van der Waals surface area contributed by atoms with Crippen molar-refractivity contribution in [2.24, 2.45) is 17.3 Å². The highest BCUT2D eigenvalue weighted by molar-refractivity contribution is 5.15. The molecule has 3 rings (SSSR count). The van der Waals surface area contributed by atoms with Crippen LogP contribution in [0.2, 0.25) is 0 Å². The largest absolute Gasteiger partial charge is 0.310 e. The molecule has 1 N–H and O–H groups in total. The van der Waals surface area contributed by atoms with Gasteiger partial charge in [-0.2, -0.15) is 0 Å². The lowest BCUT2D eigenvalue weighted by atomic mass is 9.71. The van der Waals surface area contributed by atoms with Crippen molar-refractivity contribution in [3.8, 4) is 0 Å². The molecule has 0 bridgehead atoms. The minimum Gasteiger partial charge on any atom is -0.310 e. The average molecular weight is 177 g/mol. The summed E-state index contributed by atoms with van der Waals surface area (Å²) in [7, 11) is 0. The van der Waals surface area contributed by atoms with Crippen molar-refractivity contribution in [3.05, 3.63) is 12.2 Å². The molecule has 0 aliphatic heterocycles. The van der Waals surface area contributed by atoms with E-state index in [1.54, 1.807) is 0 Å². The Morgan fingerprint density at radius 3 is 2.77 bits per heavy atom. The maximum absolute atomic E-state index is 3.80. The molecule has 4 atom stereocenters. The Bertz CT molecular complexity index is 254. The molecule has 0 radical (unpaired) electrons. The van der Waals surface area contributed by atoms with Crippen LogP contribution in [0.25, 0.3) is 0 Å². The molecule has 3 aliphatic carbocycles. The lowest BCUT2D eigenvalue weighted by Gasteiger charge is -2.41. The lowest BCUT2D eigenvalue weighted by Crippen LogP contribution is -2.49. The van der Waals surface area contributed by atoms with Crippen molar-refractivity contribution in [3.63, 3.8) is 0 Å². The molecule has 0 aromatic heterocycles. The Morgan fingerprint density at radius 2 is 2.15 bits per heavy atom. The van der Waals surface area contributed by atoms with Gasteiger partial charge in [-0.15, -0.1) is 0 Å². The zero-order valence-corrected chi connectivity index (χ0v) is 8.59. The van der Waals surface area contributed by atoms with Gasteiger partial charge in [0.15, 0.2) is 0 Å². The maximum atomic E-state index is 3.80. The molecule has 0 heterocycles. The van der Waals surface area contributed by atoms with E-state index in [9.17, 15) is 0 Å². The Morgan fingerprint density at radius 1 is 1.38 bits per heavy atom. The van der Waals surface area contributed by atoms with Crippen molar-refractivity contribution >= 4 is 0 Å². The van der Waals surface area contributed by atoms with Crippen molar-refractivity contribution < 1.29 is 0 Å². The zero-order chi connectivity index (χ0) is 9.05. The van der Waals surface area contributed by atoms with Crippen LogP contribution < -0.4 is 5.32 Å². The molecule has 0 amide bonds. The van der Waals surface area contributed by atoms with Gasteiger partial charge < -0.3 is 5.32 Å². The van der Waals surface area contributed by atoms with Crippen LogP contribution in [0.4, 0.5) is 0 Å². The molecule has 0 aromatic carbocycles. The van der Waals surface area contributed by atoms with Crippen LogP contribution in [-0.4, -0.2) is 12.1 Å². The van der Waals surface area contributed by atoms with Crippen LogP contribution in [0.1, 0.15) is 33.1 Å². The van der Waals surface area contributed by atoms with Crippen LogP contribution >= 0.6 is 0 Å². The third-order valence-corrected chi connectivity index (χ3v) is 4.29. The first-order valence-corrected chi connectivity index (χ1v) is 5.59. The Kier molecular flexibility index (Phi) is 1.48. The highest BCUT2D eigenvalue weighted by Crippen LogP contribution is 2.49. The van der Waals surface area contributed by atoms with Gasteiger partial charge in [0.2, 0.25) is 0 Å². The number of hydrogen-bond acceptors (Lipinski definition) is 1. The van der Waals surface area contributed by atoms with Crippen LogP contribution in [0.15, 0.2) is 12.2 Å². The van der Waals surface area contributed by atoms with Crippen LogP contribution in [0.3, 0.4) is 0 Å². The van der Waals surface area contributed by atoms with E-state index in [1.165, 1.54) is 19.3 Å². The molecule has 0 spiro atoms. The Balaban J connectivity index is 1.56. The molecule has 3 aliphatic rings. The first kappa shape index (κ1) is 8.05. The van der Waals surface area contributed by atoms with Crippen LogP contribution in [-0.2, 0) is 0 Å². The third kappa shape index (κ3) is 1.17. The molecule has 13 heavy (non-hydrogen) atoms. The number of nitrogens with one attached hydrogen (secondary N) is 1. The van der Waals surface area contributed by atoms with Gasteiger partial charge in [-0.1, -0.05) is 26.0 Å². The molecular weight excluding hydrogens is 158 g/mol. The average Bonchev–Trinajstić information content (AvgIpc) is 2.47. The number of hydrogen-bond donors (Lipinski definition) is 1. The molecule has 0 aromatic rings. The molecule has 4 unspecified atom stereocenters. The smallest absolute Gasteiger partial charge is 0.0138 e. The molecule has 2 fully saturated rings. The fourth-order valence-electron chi connectivity index (χ4n) is 2.92. The summed E-state index contributed by atoms with van der Waals surface area (Å²) >= 11 is 0. The van der Waals surface area contributed by atoms with Gasteiger partial charge in [0, 0.05) is 12.1 Å². The van der Waals surface area contributed by atoms with Gasteiger partial charge in [0.05, 0.1) is 0 Å². The molecule has 1 nitrogen and oxygen atoms in total. The lowest BCUT2D eigenvalue weighted by molar-refractivity contribution is 0.158. The molecule has 2 saturated carbocycles. The van der Waals surface area contributed by atoms with Gasteiger partial charge >= 0.3 is 0 Å². The number of allylic oxidation sites excluding steroid dienone is 1. The zero-order valence-electron chi connectivity index (χ0n) is 8.59. The van der Waals surface area contributed by atoms with E-state index in [0.717, 1.165) is 23.9 Å². The quantitative estimate of drug-likeness (QED) is 0.638. The Labute approximate surface area is 80.6 Å². The summed E-state index contributed by atoms with van der Waals surface area (Å²) in [5.41, 5.74) is 0.591. The number of fused-ring (bicyclic) bond motifs is 1. The third-order valence-electron chi connectivity index (χ3n) is 4.29. The summed E-state index contributed by atoms with van der Waals surface area (Å²) < 4.78 is 0. The first-order valence-electron chi connectivity index (χ1n) is 5.59. The summed E-state index contributed by atoms with van der Waals surface area (Å²) in [5, 5.41) is 3.80. The molecular formula is C12H19N. The Hall–Kier alpha value is -0.300. The fraction of sp³-hybridized carbons (Fsp3) is 0.833. The van der Waals surface area contributed by atoms with Crippen LogP contribution in [0, 0.1) is 17.3 Å². The second-order valence-corrected chi connectivity index (χ2v) is 5.76. The van der Waals surface area contributed by atoms with Gasteiger partial charge in [-0.05, 0) is 36.5 Å². The number of rotatable bonds is 2. The van der Waals surface area contributed by atoms with Crippen molar-refractivity contribution in [1.29, 1.82) is 0 Å². The highest BCUT2D eigenvalue weighted by Gasteiger charge is 2.50. The molecule has 0 saturated heterocycles. The van der Waals surface area contributed by atoms with Crippen molar-refractivity contribution in [2.75, 3.05) is 0 Å². The summed E-state index contributed by atoms with van der Waals surface area (Å²) in [6, 6.07) is 1.63. The van der Waals surface area contributed by atoms with Crippen LogP contribution in [0.5, 0.6) is 0 Å². The van der Waals surface area contributed by atoms with Crippen molar-refractivity contribution in [2.45, 2.75) is 45.2 Å². The van der Waals surface area contributed by atoms with E-state index in [0.29, 0.717) is 5.41 Å². The normalized spacial score (nSPS) is 50.0. The van der Waals surface area contributed by atoms with E-state index < -0.39 is 0 Å². The summed E-state index contributed by atoms with van der Waals surface area (Å²) in [4.78, 5) is 0. The van der Waals surface area contributed by atoms with Gasteiger partial charge in [0.25, 0.3) is 0 Å². The van der Waals surface area contributed by atoms with Crippen molar-refractivity contribution in [1.82, 2.24) is 5.32 Å². The van der Waals surface area contributed by atoms with E-state index in [-0.39, 0.29) is 0 Å². The second kappa shape index (κ2) is 2.38. The SMILES string of the molecule is CC1(C)CC1NC1CC2CC=CC21. The monoisotopic (exact) mass is 177 g/mol. The summed E-state index contributed by atoms with van der Waals surface area (Å²) in [6.07, 6.45) is 8.95. The standard InChI is InChI=1S/C12H19N/c1-12(2)7-11(12)13-10-6-8-4-3-5-9(8)10/h3,5,8-11,13H,4,6-7H2,1-2H3. The fourth-order valence-corrected chi connectivity index (χ4v) is 2.92. The predicted octanol–water partition coefficient (Wildman–Crippen LogP) is 2.34. The van der Waals surface area contributed by atoms with Gasteiger partial charge in [-0.25, -0.2) is 0 Å². The molecule has 72 valence electrons. The highest BCUT2D eigenvalue weighted by atomic mass is 15.0. The maximum Gasteiger partial charge on any atom is 0.0138 e.